The number of thioether (sulfide) groups is 1. The van der Waals surface area contributed by atoms with Crippen LogP contribution < -0.4 is 0 Å². The fourth-order valence-electron chi connectivity index (χ4n) is 3.69. The second-order valence-corrected chi connectivity index (χ2v) is 11.2. The molecule has 5 nitrogen and oxygen atoms in total. The van der Waals surface area contributed by atoms with Crippen molar-refractivity contribution in [2.24, 2.45) is 0 Å². The van der Waals surface area contributed by atoms with Crippen LogP contribution in [0.25, 0.3) is 27.5 Å². The van der Waals surface area contributed by atoms with Crippen LogP contribution >= 0.6 is 23.1 Å². The largest absolute Gasteiger partial charge is 0.476 e. The van der Waals surface area contributed by atoms with Crippen molar-refractivity contribution in [1.82, 2.24) is 14.8 Å². The molecular formula is C25H21F4N3O2S2. The van der Waals surface area contributed by atoms with Crippen molar-refractivity contribution in [2.45, 2.75) is 43.3 Å². The van der Waals surface area contributed by atoms with E-state index in [-0.39, 0.29) is 16.1 Å². The lowest BCUT2D eigenvalue weighted by molar-refractivity contribution is -0.137. The van der Waals surface area contributed by atoms with E-state index in [9.17, 15) is 27.5 Å². The average Bonchev–Trinajstić information content (AvgIpc) is 3.35. The predicted octanol–water partition coefficient (Wildman–Crippen LogP) is 7.64. The maximum absolute atomic E-state index is 13.8. The Hall–Kier alpha value is -3.18. The van der Waals surface area contributed by atoms with Gasteiger partial charge in [-0.2, -0.15) is 23.0 Å². The van der Waals surface area contributed by atoms with Crippen LogP contribution in [-0.2, 0) is 6.18 Å². The van der Waals surface area contributed by atoms with Gasteiger partial charge in [-0.1, -0.05) is 43.4 Å². The molecule has 0 unspecified atom stereocenters. The van der Waals surface area contributed by atoms with Crippen LogP contribution in [0.5, 0.6) is 0 Å². The summed E-state index contributed by atoms with van der Waals surface area (Å²) in [5.74, 6) is -1.64. The molecule has 0 amide bonds. The quantitative estimate of drug-likeness (QED) is 0.203. The van der Waals surface area contributed by atoms with Gasteiger partial charge in [0.15, 0.2) is 5.69 Å². The molecular weight excluding hydrogens is 514 g/mol. The minimum atomic E-state index is -4.46. The summed E-state index contributed by atoms with van der Waals surface area (Å²) in [5.41, 5.74) is 1.66. The zero-order valence-electron chi connectivity index (χ0n) is 19.6. The zero-order chi connectivity index (χ0) is 26.4. The summed E-state index contributed by atoms with van der Waals surface area (Å²) in [7, 11) is 0. The van der Waals surface area contributed by atoms with Crippen molar-refractivity contribution in [2.75, 3.05) is 0 Å². The van der Waals surface area contributed by atoms with Crippen molar-refractivity contribution in [3.8, 4) is 27.5 Å². The van der Waals surface area contributed by atoms with E-state index < -0.39 is 23.5 Å². The first-order chi connectivity index (χ1) is 16.9. The molecule has 4 aromatic rings. The van der Waals surface area contributed by atoms with Gasteiger partial charge in [0.1, 0.15) is 5.82 Å². The number of halogens is 4. The predicted molar refractivity (Wildman–Crippen MR) is 132 cm³/mol. The maximum Gasteiger partial charge on any atom is 0.416 e. The Labute approximate surface area is 212 Å². The van der Waals surface area contributed by atoms with E-state index in [0.717, 1.165) is 16.3 Å². The van der Waals surface area contributed by atoms with Crippen LogP contribution in [0.3, 0.4) is 0 Å². The highest BCUT2D eigenvalue weighted by molar-refractivity contribution is 8.01. The van der Waals surface area contributed by atoms with Crippen molar-refractivity contribution >= 4 is 29.1 Å². The molecule has 0 aliphatic rings. The first kappa shape index (κ1) is 25.9. The zero-order valence-corrected chi connectivity index (χ0v) is 21.3. The molecule has 0 aliphatic heterocycles. The van der Waals surface area contributed by atoms with Crippen LogP contribution in [0, 0.1) is 19.7 Å². The normalized spacial score (nSPS) is 11.9. The van der Waals surface area contributed by atoms with Crippen LogP contribution in [0.4, 0.5) is 17.6 Å². The number of thiazole rings is 1. The summed E-state index contributed by atoms with van der Waals surface area (Å²) in [5, 5.41) is 14.9. The summed E-state index contributed by atoms with van der Waals surface area (Å²) in [6.07, 6.45) is -4.46. The van der Waals surface area contributed by atoms with Gasteiger partial charge in [0.2, 0.25) is 5.13 Å². The highest BCUT2D eigenvalue weighted by Gasteiger charge is 2.31. The summed E-state index contributed by atoms with van der Waals surface area (Å²) in [6, 6.07) is 9.03. The number of hydrogen-bond acceptors (Lipinski definition) is 5. The molecule has 0 fully saturated rings. The van der Waals surface area contributed by atoms with Gasteiger partial charge < -0.3 is 5.11 Å². The minimum absolute atomic E-state index is 0.132. The average molecular weight is 536 g/mol. The number of aromatic nitrogens is 3. The lowest BCUT2D eigenvalue weighted by atomic mass is 10.0. The molecule has 0 radical (unpaired) electrons. The standard InChI is InChI=1S/C25H21F4N3O2S2/c1-12(2)35-23-20(15-5-8-17(9-6-15)25(27,28)29)30-24(36-23)32-21(22(33)34)19(14(4)31-32)16-7-10-18(26)13(3)11-16/h5-12H,1-4H3,(H,33,34). The summed E-state index contributed by atoms with van der Waals surface area (Å²) < 4.78 is 54.9. The van der Waals surface area contributed by atoms with Crippen molar-refractivity contribution in [3.05, 3.63) is 70.8 Å². The molecule has 0 aliphatic carbocycles. The van der Waals surface area contributed by atoms with Gasteiger partial charge in [0.25, 0.3) is 0 Å². The van der Waals surface area contributed by atoms with Crippen LogP contribution in [0.1, 0.15) is 41.2 Å². The van der Waals surface area contributed by atoms with E-state index in [1.165, 1.54) is 52.0 Å². The van der Waals surface area contributed by atoms with E-state index in [0.29, 0.717) is 33.6 Å². The third kappa shape index (κ3) is 5.03. The molecule has 0 spiro atoms. The van der Waals surface area contributed by atoms with Gasteiger partial charge >= 0.3 is 12.1 Å². The number of aryl methyl sites for hydroxylation is 2. The van der Waals surface area contributed by atoms with Crippen molar-refractivity contribution < 1.29 is 27.5 Å². The molecule has 0 saturated carbocycles. The minimum Gasteiger partial charge on any atom is -0.476 e. The van der Waals surface area contributed by atoms with E-state index in [2.05, 4.69) is 10.1 Å². The smallest absolute Gasteiger partial charge is 0.416 e. The number of carbonyl (C=O) groups is 1. The Kier molecular flexibility index (Phi) is 6.98. The van der Waals surface area contributed by atoms with Gasteiger partial charge in [0.05, 0.1) is 21.2 Å². The molecule has 2 heterocycles. The van der Waals surface area contributed by atoms with Gasteiger partial charge in [0, 0.05) is 16.4 Å². The maximum atomic E-state index is 13.8. The SMILES string of the molecule is Cc1cc(-c2c(C)nn(-c3nc(-c4ccc(C(F)(F)F)cc4)c(SC(C)C)s3)c2C(=O)O)ccc1F. The van der Waals surface area contributed by atoms with Gasteiger partial charge in [-0.15, -0.1) is 11.8 Å². The molecule has 4 rings (SSSR count). The van der Waals surface area contributed by atoms with Crippen LogP contribution in [0.2, 0.25) is 0 Å². The molecule has 0 bridgehead atoms. The first-order valence-corrected chi connectivity index (χ1v) is 12.5. The lowest BCUT2D eigenvalue weighted by Crippen LogP contribution is -2.09. The first-order valence-electron chi connectivity index (χ1n) is 10.8. The summed E-state index contributed by atoms with van der Waals surface area (Å²) in [6.45, 7) is 7.18. The third-order valence-electron chi connectivity index (χ3n) is 5.30. The highest BCUT2D eigenvalue weighted by Crippen LogP contribution is 2.41. The van der Waals surface area contributed by atoms with Gasteiger partial charge in [-0.05, 0) is 49.2 Å². The van der Waals surface area contributed by atoms with E-state index in [1.54, 1.807) is 19.9 Å². The number of aromatic carboxylic acids is 1. The monoisotopic (exact) mass is 535 g/mol. The van der Waals surface area contributed by atoms with E-state index in [1.807, 2.05) is 13.8 Å². The molecule has 188 valence electrons. The second-order valence-electron chi connectivity index (χ2n) is 8.36. The Morgan fingerprint density at radius 3 is 2.28 bits per heavy atom. The third-order valence-corrected chi connectivity index (χ3v) is 7.55. The Bertz CT molecular complexity index is 1440. The molecule has 36 heavy (non-hydrogen) atoms. The number of nitrogens with zero attached hydrogens (tertiary/aromatic N) is 3. The Morgan fingerprint density at radius 1 is 1.08 bits per heavy atom. The second kappa shape index (κ2) is 9.70. The molecule has 2 aromatic carbocycles. The molecule has 1 N–H and O–H groups in total. The fraction of sp³-hybridized carbons (Fsp3) is 0.240. The number of rotatable bonds is 6. The van der Waals surface area contributed by atoms with Crippen LogP contribution in [-0.4, -0.2) is 31.1 Å². The Balaban J connectivity index is 1.88. The van der Waals surface area contributed by atoms with E-state index >= 15 is 0 Å². The van der Waals surface area contributed by atoms with Crippen molar-refractivity contribution in [1.29, 1.82) is 0 Å². The Morgan fingerprint density at radius 2 is 1.72 bits per heavy atom. The van der Waals surface area contributed by atoms with Gasteiger partial charge in [-0.3, -0.25) is 0 Å². The number of carboxylic acids is 1. The number of alkyl halides is 3. The topological polar surface area (TPSA) is 68.0 Å². The molecule has 2 aromatic heterocycles. The number of hydrogen-bond donors (Lipinski definition) is 1. The molecule has 11 heteroatoms. The number of benzene rings is 2. The summed E-state index contributed by atoms with van der Waals surface area (Å²) in [4.78, 5) is 17.0. The molecule has 0 saturated heterocycles. The summed E-state index contributed by atoms with van der Waals surface area (Å²) >= 11 is 2.68. The lowest BCUT2D eigenvalue weighted by Gasteiger charge is -2.08. The van der Waals surface area contributed by atoms with Crippen molar-refractivity contribution in [3.63, 3.8) is 0 Å². The van der Waals surface area contributed by atoms with Gasteiger partial charge in [-0.25, -0.2) is 14.2 Å². The molecule has 0 atom stereocenters. The highest BCUT2D eigenvalue weighted by atomic mass is 32.2. The fourth-order valence-corrected chi connectivity index (χ4v) is 6.17. The van der Waals surface area contributed by atoms with Crippen LogP contribution in [0.15, 0.2) is 46.7 Å². The van der Waals surface area contributed by atoms with E-state index in [4.69, 9.17) is 0 Å². The number of carboxylic acid groups (broad SMARTS) is 1.